The fourth-order valence-electron chi connectivity index (χ4n) is 1.90. The van der Waals surface area contributed by atoms with Gasteiger partial charge in [0.05, 0.1) is 13.7 Å². The Kier molecular flexibility index (Phi) is 6.15. The molecule has 2 rings (SSSR count). The van der Waals surface area contributed by atoms with Crippen molar-refractivity contribution in [3.05, 3.63) is 52.2 Å². The van der Waals surface area contributed by atoms with E-state index in [-0.39, 0.29) is 5.91 Å². The normalized spacial score (nSPS) is 13.4. The summed E-state index contributed by atoms with van der Waals surface area (Å²) in [7, 11) is 0.325. The molecule has 0 aliphatic rings. The molecule has 0 bridgehead atoms. The fourth-order valence-corrected chi connectivity index (χ4v) is 3.63. The Bertz CT molecular complexity index is 641. The molecule has 0 saturated carbocycles. The van der Waals surface area contributed by atoms with Crippen LogP contribution in [0.15, 0.2) is 41.8 Å². The summed E-state index contributed by atoms with van der Waals surface area (Å²) in [6.45, 7) is 2.18. The topological polar surface area (TPSA) is 55.4 Å². The van der Waals surface area contributed by atoms with Crippen LogP contribution in [0.1, 0.15) is 17.4 Å². The summed E-state index contributed by atoms with van der Waals surface area (Å²) in [5, 5.41) is 4.24. The van der Waals surface area contributed by atoms with Gasteiger partial charge in [-0.15, -0.1) is 11.3 Å². The van der Waals surface area contributed by atoms with Gasteiger partial charge in [-0.05, 0) is 36.1 Å². The monoisotopic (exact) mass is 337 g/mol. The van der Waals surface area contributed by atoms with E-state index in [0.29, 0.717) is 12.3 Å². The Labute approximate surface area is 137 Å². The molecule has 22 heavy (non-hydrogen) atoms. The third-order valence-corrected chi connectivity index (χ3v) is 5.72. The number of methoxy groups -OCH3 is 1. The molecule has 2 aromatic rings. The zero-order chi connectivity index (χ0) is 15.9. The first kappa shape index (κ1) is 16.7. The Morgan fingerprint density at radius 3 is 2.86 bits per heavy atom. The van der Waals surface area contributed by atoms with E-state index < -0.39 is 16.0 Å². The highest BCUT2D eigenvalue weighted by molar-refractivity contribution is 7.85. The van der Waals surface area contributed by atoms with E-state index >= 15 is 0 Å². The van der Waals surface area contributed by atoms with E-state index in [1.807, 2.05) is 41.8 Å². The minimum atomic E-state index is -1.27. The number of ether oxygens (including phenoxy) is 1. The fraction of sp³-hybridized carbons (Fsp3) is 0.312. The SMILES string of the molecule is COc1cccc(C[S@@](=O)[C@@H](C)C(=O)NCc2cccs2)c1. The van der Waals surface area contributed by atoms with Crippen molar-refractivity contribution < 1.29 is 13.7 Å². The van der Waals surface area contributed by atoms with Gasteiger partial charge >= 0.3 is 0 Å². The minimum absolute atomic E-state index is 0.186. The first-order chi connectivity index (χ1) is 10.6. The average Bonchev–Trinajstić information content (AvgIpc) is 3.05. The van der Waals surface area contributed by atoms with Crippen molar-refractivity contribution in [3.63, 3.8) is 0 Å². The summed E-state index contributed by atoms with van der Waals surface area (Å²) in [5.74, 6) is 0.879. The van der Waals surface area contributed by atoms with Gasteiger partial charge in [-0.1, -0.05) is 18.2 Å². The number of thiophene rings is 1. The van der Waals surface area contributed by atoms with Gasteiger partial charge in [0.15, 0.2) is 0 Å². The number of carbonyl (C=O) groups excluding carboxylic acids is 1. The molecule has 1 N–H and O–H groups in total. The van der Waals surface area contributed by atoms with Crippen LogP contribution in [-0.4, -0.2) is 22.5 Å². The molecule has 1 aromatic heterocycles. The van der Waals surface area contributed by atoms with Crippen LogP contribution in [-0.2, 0) is 27.9 Å². The van der Waals surface area contributed by atoms with Gasteiger partial charge < -0.3 is 10.1 Å². The van der Waals surface area contributed by atoms with Crippen LogP contribution in [0.3, 0.4) is 0 Å². The lowest BCUT2D eigenvalue weighted by atomic mass is 10.2. The summed E-state index contributed by atoms with van der Waals surface area (Å²) < 4.78 is 17.5. The Balaban J connectivity index is 1.89. The quantitative estimate of drug-likeness (QED) is 0.845. The van der Waals surface area contributed by atoms with E-state index in [4.69, 9.17) is 4.74 Å². The van der Waals surface area contributed by atoms with Crippen LogP contribution in [0.5, 0.6) is 5.75 Å². The van der Waals surface area contributed by atoms with Crippen molar-refractivity contribution >= 4 is 28.0 Å². The zero-order valence-electron chi connectivity index (χ0n) is 12.6. The second-order valence-electron chi connectivity index (χ2n) is 4.82. The number of benzene rings is 1. The zero-order valence-corrected chi connectivity index (χ0v) is 14.2. The number of hydrogen-bond donors (Lipinski definition) is 1. The van der Waals surface area contributed by atoms with Crippen LogP contribution in [0.4, 0.5) is 0 Å². The van der Waals surface area contributed by atoms with Crippen molar-refractivity contribution in [2.75, 3.05) is 7.11 Å². The molecule has 6 heteroatoms. The number of hydrogen-bond acceptors (Lipinski definition) is 4. The molecule has 1 heterocycles. The molecule has 1 amide bonds. The van der Waals surface area contributed by atoms with E-state index in [0.717, 1.165) is 16.2 Å². The van der Waals surface area contributed by atoms with Crippen LogP contribution in [0.2, 0.25) is 0 Å². The highest BCUT2D eigenvalue weighted by atomic mass is 32.2. The lowest BCUT2D eigenvalue weighted by molar-refractivity contribution is -0.120. The highest BCUT2D eigenvalue weighted by Crippen LogP contribution is 2.15. The smallest absolute Gasteiger partial charge is 0.235 e. The molecule has 0 spiro atoms. The molecule has 0 aliphatic heterocycles. The molecule has 0 fully saturated rings. The maximum atomic E-state index is 12.3. The van der Waals surface area contributed by atoms with Crippen molar-refractivity contribution in [1.82, 2.24) is 5.32 Å². The Morgan fingerprint density at radius 1 is 1.36 bits per heavy atom. The standard InChI is InChI=1S/C16H19NO3S2/c1-12(16(18)17-10-15-7-4-8-21-15)22(19)11-13-5-3-6-14(9-13)20-2/h3-9,12H,10-11H2,1-2H3,(H,17,18)/t12-,22+/m0/s1. The van der Waals surface area contributed by atoms with E-state index in [2.05, 4.69) is 5.32 Å². The lowest BCUT2D eigenvalue weighted by Crippen LogP contribution is -2.35. The van der Waals surface area contributed by atoms with Crippen molar-refractivity contribution in [2.24, 2.45) is 0 Å². The predicted octanol–water partition coefficient (Wildman–Crippen LogP) is 2.71. The Morgan fingerprint density at radius 2 is 2.18 bits per heavy atom. The first-order valence-electron chi connectivity index (χ1n) is 6.90. The summed E-state index contributed by atoms with van der Waals surface area (Å²) in [6.07, 6.45) is 0. The molecular weight excluding hydrogens is 318 g/mol. The molecule has 2 atom stereocenters. The molecule has 0 radical (unpaired) electrons. The van der Waals surface area contributed by atoms with Gasteiger partial charge in [-0.25, -0.2) is 0 Å². The van der Waals surface area contributed by atoms with Gasteiger partial charge in [0, 0.05) is 21.4 Å². The summed E-state index contributed by atoms with van der Waals surface area (Å²) in [4.78, 5) is 13.2. The van der Waals surface area contributed by atoms with Gasteiger partial charge in [0.1, 0.15) is 11.0 Å². The van der Waals surface area contributed by atoms with Gasteiger partial charge in [0.25, 0.3) is 0 Å². The molecule has 118 valence electrons. The molecule has 4 nitrogen and oxygen atoms in total. The summed E-state index contributed by atoms with van der Waals surface area (Å²) in [5.41, 5.74) is 0.899. The van der Waals surface area contributed by atoms with Crippen LogP contribution >= 0.6 is 11.3 Å². The van der Waals surface area contributed by atoms with E-state index in [9.17, 15) is 9.00 Å². The van der Waals surface area contributed by atoms with Crippen LogP contribution < -0.4 is 10.1 Å². The summed E-state index contributed by atoms with van der Waals surface area (Å²) >= 11 is 1.59. The largest absolute Gasteiger partial charge is 0.497 e. The second-order valence-corrected chi connectivity index (χ2v) is 7.61. The van der Waals surface area contributed by atoms with Crippen LogP contribution in [0, 0.1) is 0 Å². The minimum Gasteiger partial charge on any atom is -0.497 e. The molecule has 0 saturated heterocycles. The number of carbonyl (C=O) groups is 1. The average molecular weight is 337 g/mol. The number of rotatable bonds is 7. The molecule has 1 aromatic carbocycles. The number of nitrogens with one attached hydrogen (secondary N) is 1. The van der Waals surface area contributed by atoms with Gasteiger partial charge in [-0.3, -0.25) is 9.00 Å². The maximum absolute atomic E-state index is 12.3. The third-order valence-electron chi connectivity index (χ3n) is 3.22. The second kappa shape index (κ2) is 8.10. The van der Waals surface area contributed by atoms with Gasteiger partial charge in [-0.2, -0.15) is 0 Å². The highest BCUT2D eigenvalue weighted by Gasteiger charge is 2.20. The van der Waals surface area contributed by atoms with Crippen molar-refractivity contribution in [1.29, 1.82) is 0 Å². The Hall–Kier alpha value is -1.66. The van der Waals surface area contributed by atoms with Crippen molar-refractivity contribution in [2.45, 2.75) is 24.5 Å². The molecular formula is C16H19NO3S2. The molecule has 0 unspecified atom stereocenters. The summed E-state index contributed by atoms with van der Waals surface area (Å²) in [6, 6.07) is 11.3. The van der Waals surface area contributed by atoms with Crippen LogP contribution in [0.25, 0.3) is 0 Å². The van der Waals surface area contributed by atoms with Crippen molar-refractivity contribution in [3.8, 4) is 5.75 Å². The van der Waals surface area contributed by atoms with Gasteiger partial charge in [0.2, 0.25) is 5.91 Å². The maximum Gasteiger partial charge on any atom is 0.235 e. The molecule has 0 aliphatic carbocycles. The van der Waals surface area contributed by atoms with E-state index in [1.54, 1.807) is 25.4 Å². The lowest BCUT2D eigenvalue weighted by Gasteiger charge is -2.12. The first-order valence-corrected chi connectivity index (χ1v) is 9.16. The predicted molar refractivity (Wildman–Crippen MR) is 90.5 cm³/mol. The third kappa shape index (κ3) is 4.68. The van der Waals surface area contributed by atoms with E-state index in [1.165, 1.54) is 0 Å². The number of amides is 1.